The minimum Gasteiger partial charge on any atom is -0.491 e. The van der Waals surface area contributed by atoms with Crippen molar-refractivity contribution in [1.82, 2.24) is 4.98 Å². The largest absolute Gasteiger partial charge is 0.491 e. The molecule has 2 aromatic rings. The fourth-order valence-electron chi connectivity index (χ4n) is 2.73. The third-order valence-electron chi connectivity index (χ3n) is 4.29. The van der Waals surface area contributed by atoms with E-state index in [0.717, 1.165) is 5.75 Å². The van der Waals surface area contributed by atoms with Crippen LogP contribution in [0.25, 0.3) is 16.0 Å². The van der Waals surface area contributed by atoms with Gasteiger partial charge in [-0.3, -0.25) is 0 Å². The SMILES string of the molecule is [C-]#[N+]c1c(N)nc(SCC2COC2)c(C#N)c1-c1ccc(OCC(C)(C)O)cc1. The van der Waals surface area contributed by atoms with Crippen LogP contribution in [0.15, 0.2) is 29.3 Å². The third-order valence-corrected chi connectivity index (χ3v) is 5.49. The molecule has 7 nitrogen and oxygen atoms in total. The highest BCUT2D eigenvalue weighted by Crippen LogP contribution is 2.42. The molecule has 3 N–H and O–H groups in total. The molecule has 2 heterocycles. The number of benzene rings is 1. The summed E-state index contributed by atoms with van der Waals surface area (Å²) >= 11 is 1.46. The lowest BCUT2D eigenvalue weighted by Crippen LogP contribution is -2.29. The Morgan fingerprint density at radius 2 is 2.10 bits per heavy atom. The monoisotopic (exact) mass is 410 g/mol. The zero-order valence-electron chi connectivity index (χ0n) is 16.3. The summed E-state index contributed by atoms with van der Waals surface area (Å²) in [7, 11) is 0. The van der Waals surface area contributed by atoms with E-state index in [4.69, 9.17) is 21.8 Å². The average Bonchev–Trinajstić information content (AvgIpc) is 2.64. The van der Waals surface area contributed by atoms with E-state index in [1.807, 2.05) is 0 Å². The fraction of sp³-hybridized carbons (Fsp3) is 0.381. The molecule has 0 spiro atoms. The van der Waals surface area contributed by atoms with Crippen LogP contribution in [0.2, 0.25) is 0 Å². The Kier molecular flexibility index (Phi) is 6.29. The van der Waals surface area contributed by atoms with Crippen molar-refractivity contribution in [3.05, 3.63) is 41.2 Å². The summed E-state index contributed by atoms with van der Waals surface area (Å²) < 4.78 is 10.8. The summed E-state index contributed by atoms with van der Waals surface area (Å²) in [6.45, 7) is 12.4. The molecule has 1 aromatic carbocycles. The van der Waals surface area contributed by atoms with Crippen molar-refractivity contribution in [1.29, 1.82) is 5.26 Å². The molecule has 1 aromatic heterocycles. The molecule has 150 valence electrons. The van der Waals surface area contributed by atoms with Crippen LogP contribution < -0.4 is 10.5 Å². The maximum atomic E-state index is 9.81. The minimum atomic E-state index is -0.943. The molecule has 0 amide bonds. The number of pyridine rings is 1. The van der Waals surface area contributed by atoms with Crippen LogP contribution in [0.5, 0.6) is 5.75 Å². The minimum absolute atomic E-state index is 0.115. The molecule has 0 bridgehead atoms. The Morgan fingerprint density at radius 3 is 2.62 bits per heavy atom. The number of hydrogen-bond donors (Lipinski definition) is 2. The number of nitrogen functional groups attached to an aromatic ring is 1. The van der Waals surface area contributed by atoms with Gasteiger partial charge in [-0.05, 0) is 31.5 Å². The predicted octanol–water partition coefficient (Wildman–Crippen LogP) is 3.64. The normalized spacial score (nSPS) is 14.0. The summed E-state index contributed by atoms with van der Waals surface area (Å²) in [5.41, 5.74) is 6.79. The van der Waals surface area contributed by atoms with Crippen LogP contribution >= 0.6 is 11.8 Å². The molecule has 3 rings (SSSR count). The van der Waals surface area contributed by atoms with Crippen molar-refractivity contribution < 1.29 is 14.6 Å². The van der Waals surface area contributed by atoms with Gasteiger partial charge in [0.2, 0.25) is 5.69 Å². The van der Waals surface area contributed by atoms with Crippen LogP contribution in [0.3, 0.4) is 0 Å². The smallest absolute Gasteiger partial charge is 0.236 e. The second-order valence-electron chi connectivity index (χ2n) is 7.46. The molecule has 8 heteroatoms. The number of nitrogens with two attached hydrogens (primary N) is 1. The van der Waals surface area contributed by atoms with E-state index in [0.29, 0.717) is 46.6 Å². The molecule has 1 aliphatic heterocycles. The van der Waals surface area contributed by atoms with Crippen molar-refractivity contribution in [3.63, 3.8) is 0 Å². The van der Waals surface area contributed by atoms with Gasteiger partial charge in [-0.2, -0.15) is 5.26 Å². The van der Waals surface area contributed by atoms with Gasteiger partial charge in [0.1, 0.15) is 29.3 Å². The number of aromatic nitrogens is 1. The van der Waals surface area contributed by atoms with Crippen LogP contribution in [0.4, 0.5) is 11.5 Å². The number of rotatable bonds is 7. The quantitative estimate of drug-likeness (QED) is 0.530. The van der Waals surface area contributed by atoms with Gasteiger partial charge in [-0.15, -0.1) is 11.8 Å². The number of anilines is 1. The summed E-state index contributed by atoms with van der Waals surface area (Å²) in [4.78, 5) is 7.84. The standard InChI is InChI=1S/C21H22N4O3S/c1-21(2,26)12-28-15-6-4-14(5-7-15)17-16(8-22)20(25-19(23)18(17)24-3)29-11-13-9-27-10-13/h4-7,13,26H,9-12H2,1-2H3,(H2,23,25). The molecule has 0 aliphatic carbocycles. The first-order valence-electron chi connectivity index (χ1n) is 9.09. The molecular formula is C21H22N4O3S. The van der Waals surface area contributed by atoms with E-state index in [1.165, 1.54) is 11.8 Å². The van der Waals surface area contributed by atoms with Gasteiger partial charge >= 0.3 is 0 Å². The van der Waals surface area contributed by atoms with Gasteiger partial charge in [0.05, 0.1) is 31.0 Å². The molecule has 29 heavy (non-hydrogen) atoms. The van der Waals surface area contributed by atoms with Crippen molar-refractivity contribution in [3.8, 4) is 22.9 Å². The fourth-order valence-corrected chi connectivity index (χ4v) is 3.77. The Bertz CT molecular complexity index is 968. The molecule has 1 saturated heterocycles. The van der Waals surface area contributed by atoms with E-state index in [2.05, 4.69) is 15.9 Å². The van der Waals surface area contributed by atoms with Crippen molar-refractivity contribution in [2.45, 2.75) is 24.5 Å². The average molecular weight is 410 g/mol. The van der Waals surface area contributed by atoms with E-state index in [-0.39, 0.29) is 18.1 Å². The topological polar surface area (TPSA) is 106 Å². The summed E-state index contributed by atoms with van der Waals surface area (Å²) in [6, 6.07) is 9.24. The molecule has 1 aliphatic rings. The van der Waals surface area contributed by atoms with Crippen LogP contribution in [-0.2, 0) is 4.74 Å². The van der Waals surface area contributed by atoms with Gasteiger partial charge < -0.3 is 20.3 Å². The van der Waals surface area contributed by atoms with E-state index >= 15 is 0 Å². The highest BCUT2D eigenvalue weighted by atomic mass is 32.2. The first-order chi connectivity index (χ1) is 13.8. The highest BCUT2D eigenvalue weighted by Gasteiger charge is 2.24. The predicted molar refractivity (Wildman–Crippen MR) is 112 cm³/mol. The van der Waals surface area contributed by atoms with E-state index in [9.17, 15) is 10.4 Å². The third kappa shape index (κ3) is 4.99. The second kappa shape index (κ2) is 8.71. The number of aliphatic hydroxyl groups is 1. The van der Waals surface area contributed by atoms with Gasteiger partial charge in [0.25, 0.3) is 0 Å². The van der Waals surface area contributed by atoms with Gasteiger partial charge in [-0.25, -0.2) is 9.83 Å². The number of hydrogen-bond acceptors (Lipinski definition) is 7. The van der Waals surface area contributed by atoms with E-state index < -0.39 is 5.60 Å². The molecule has 1 fully saturated rings. The van der Waals surface area contributed by atoms with Crippen LogP contribution in [0.1, 0.15) is 19.4 Å². The molecular weight excluding hydrogens is 388 g/mol. The lowest BCUT2D eigenvalue weighted by atomic mass is 10.00. The Labute approximate surface area is 174 Å². The summed E-state index contributed by atoms with van der Waals surface area (Å²) in [5, 5.41) is 20.1. The molecule has 0 atom stereocenters. The second-order valence-corrected chi connectivity index (χ2v) is 8.47. The number of nitriles is 1. The number of nitrogens with zero attached hydrogens (tertiary/aromatic N) is 3. The van der Waals surface area contributed by atoms with E-state index in [1.54, 1.807) is 38.1 Å². The van der Waals surface area contributed by atoms with Crippen molar-refractivity contribution in [2.24, 2.45) is 5.92 Å². The Balaban J connectivity index is 1.95. The maximum absolute atomic E-state index is 9.81. The number of thioether (sulfide) groups is 1. The first-order valence-corrected chi connectivity index (χ1v) is 10.1. The van der Waals surface area contributed by atoms with Crippen LogP contribution in [-0.4, -0.2) is 41.3 Å². The summed E-state index contributed by atoms with van der Waals surface area (Å²) in [5.74, 6) is 1.91. The molecule has 0 radical (unpaired) electrons. The first kappa shape index (κ1) is 20.9. The van der Waals surface area contributed by atoms with Gasteiger partial charge in [0, 0.05) is 17.2 Å². The maximum Gasteiger partial charge on any atom is 0.236 e. The number of ether oxygens (including phenoxy) is 2. The lowest BCUT2D eigenvalue weighted by Gasteiger charge is -2.25. The summed E-state index contributed by atoms with van der Waals surface area (Å²) in [6.07, 6.45) is 0. The zero-order valence-corrected chi connectivity index (χ0v) is 17.1. The van der Waals surface area contributed by atoms with Gasteiger partial charge in [0.15, 0.2) is 0 Å². The Morgan fingerprint density at radius 1 is 1.41 bits per heavy atom. The highest BCUT2D eigenvalue weighted by molar-refractivity contribution is 7.99. The van der Waals surface area contributed by atoms with Crippen molar-refractivity contribution in [2.75, 3.05) is 31.3 Å². The zero-order chi connectivity index (χ0) is 21.0. The lowest BCUT2D eigenvalue weighted by molar-refractivity contribution is -0.0196. The molecule has 0 unspecified atom stereocenters. The van der Waals surface area contributed by atoms with Crippen molar-refractivity contribution >= 4 is 23.3 Å². The Hall–Kier alpha value is -2.78. The van der Waals surface area contributed by atoms with Crippen LogP contribution in [0, 0.1) is 23.8 Å². The molecule has 0 saturated carbocycles. The van der Waals surface area contributed by atoms with Gasteiger partial charge in [-0.1, -0.05) is 12.1 Å².